The summed E-state index contributed by atoms with van der Waals surface area (Å²) in [5.41, 5.74) is 0.988. The molecule has 2 aliphatic rings. The van der Waals surface area contributed by atoms with Crippen LogP contribution in [0.25, 0.3) is 11.4 Å². The number of hydrogen-bond acceptors (Lipinski definition) is 6. The standard InChI is InChI=1S/C20H25N3O4/c1-14-6-8-15(9-7-14)18-21-16(27-22-18)4-3-5-17(24)23-11-20(12-23)10-19(2,25)13-26-20/h6-9,25H,3-5,10-13H2,1-2H3. The van der Waals surface area contributed by atoms with E-state index >= 15 is 0 Å². The topological polar surface area (TPSA) is 88.7 Å². The molecule has 4 rings (SSSR count). The highest BCUT2D eigenvalue weighted by atomic mass is 16.5. The Morgan fingerprint density at radius 1 is 1.30 bits per heavy atom. The largest absolute Gasteiger partial charge is 0.388 e. The number of aryl methyl sites for hydroxylation is 2. The summed E-state index contributed by atoms with van der Waals surface area (Å²) in [7, 11) is 0. The van der Waals surface area contributed by atoms with Crippen LogP contribution in [0.3, 0.4) is 0 Å². The number of nitrogens with zero attached hydrogens (tertiary/aromatic N) is 3. The Bertz CT molecular complexity index is 822. The Balaban J connectivity index is 1.23. The molecule has 2 fully saturated rings. The van der Waals surface area contributed by atoms with E-state index < -0.39 is 5.60 Å². The molecule has 2 aliphatic heterocycles. The minimum Gasteiger partial charge on any atom is -0.388 e. The average molecular weight is 371 g/mol. The van der Waals surface area contributed by atoms with Gasteiger partial charge in [-0.1, -0.05) is 35.0 Å². The van der Waals surface area contributed by atoms with E-state index in [0.29, 0.717) is 57.1 Å². The van der Waals surface area contributed by atoms with Gasteiger partial charge in [-0.25, -0.2) is 0 Å². The smallest absolute Gasteiger partial charge is 0.226 e. The summed E-state index contributed by atoms with van der Waals surface area (Å²) < 4.78 is 11.0. The van der Waals surface area contributed by atoms with Crippen molar-refractivity contribution >= 4 is 5.91 Å². The Morgan fingerprint density at radius 3 is 2.70 bits per heavy atom. The van der Waals surface area contributed by atoms with E-state index in [-0.39, 0.29) is 11.5 Å². The molecule has 144 valence electrons. The lowest BCUT2D eigenvalue weighted by molar-refractivity contribution is -0.157. The van der Waals surface area contributed by atoms with Crippen LogP contribution in [0.15, 0.2) is 28.8 Å². The Kier molecular flexibility index (Phi) is 4.52. The van der Waals surface area contributed by atoms with E-state index in [2.05, 4.69) is 10.1 Å². The molecule has 1 spiro atoms. The van der Waals surface area contributed by atoms with E-state index in [0.717, 1.165) is 5.56 Å². The zero-order chi connectivity index (χ0) is 19.1. The molecule has 0 bridgehead atoms. The van der Waals surface area contributed by atoms with E-state index in [1.807, 2.05) is 31.2 Å². The van der Waals surface area contributed by atoms with Gasteiger partial charge in [0, 0.05) is 24.8 Å². The maximum Gasteiger partial charge on any atom is 0.226 e. The van der Waals surface area contributed by atoms with Crippen LogP contribution in [0.1, 0.15) is 37.6 Å². The van der Waals surface area contributed by atoms with Crippen molar-refractivity contribution in [2.45, 2.75) is 50.7 Å². The highest BCUT2D eigenvalue weighted by molar-refractivity contribution is 5.77. The summed E-state index contributed by atoms with van der Waals surface area (Å²) in [6.45, 7) is 5.29. The van der Waals surface area contributed by atoms with Crippen LogP contribution in [0.4, 0.5) is 0 Å². The lowest BCUT2D eigenvalue weighted by Gasteiger charge is -2.47. The van der Waals surface area contributed by atoms with Gasteiger partial charge in [-0.3, -0.25) is 4.79 Å². The first-order valence-corrected chi connectivity index (χ1v) is 9.38. The maximum absolute atomic E-state index is 12.3. The molecular formula is C20H25N3O4. The molecule has 1 atom stereocenters. The van der Waals surface area contributed by atoms with Crippen LogP contribution in [-0.4, -0.2) is 57.0 Å². The molecule has 0 saturated carbocycles. The van der Waals surface area contributed by atoms with Gasteiger partial charge < -0.3 is 19.3 Å². The van der Waals surface area contributed by atoms with E-state index in [1.54, 1.807) is 11.8 Å². The molecule has 1 amide bonds. The molecule has 7 heteroatoms. The number of carbonyl (C=O) groups is 1. The van der Waals surface area contributed by atoms with Gasteiger partial charge in [-0.15, -0.1) is 0 Å². The molecule has 27 heavy (non-hydrogen) atoms. The maximum atomic E-state index is 12.3. The summed E-state index contributed by atoms with van der Waals surface area (Å²) in [4.78, 5) is 18.5. The number of likely N-dealkylation sites (tertiary alicyclic amines) is 1. The first-order valence-electron chi connectivity index (χ1n) is 9.38. The third kappa shape index (κ3) is 3.89. The second-order valence-corrected chi connectivity index (χ2v) is 8.13. The van der Waals surface area contributed by atoms with Gasteiger partial charge in [-0.2, -0.15) is 4.98 Å². The third-order valence-electron chi connectivity index (χ3n) is 5.26. The predicted octanol–water partition coefficient (Wildman–Crippen LogP) is 2.12. The number of aliphatic hydroxyl groups is 1. The normalized spacial score (nSPS) is 23.6. The third-order valence-corrected chi connectivity index (χ3v) is 5.26. The van der Waals surface area contributed by atoms with Gasteiger partial charge in [0.05, 0.1) is 25.3 Å². The van der Waals surface area contributed by atoms with Crippen molar-refractivity contribution in [1.82, 2.24) is 15.0 Å². The molecule has 1 aromatic carbocycles. The van der Waals surface area contributed by atoms with Crippen LogP contribution in [0, 0.1) is 6.92 Å². The number of ether oxygens (including phenoxy) is 1. The Morgan fingerprint density at radius 2 is 2.04 bits per heavy atom. The van der Waals surface area contributed by atoms with Crippen molar-refractivity contribution in [3.8, 4) is 11.4 Å². The molecule has 0 aliphatic carbocycles. The monoisotopic (exact) mass is 371 g/mol. The van der Waals surface area contributed by atoms with E-state index in [9.17, 15) is 9.90 Å². The summed E-state index contributed by atoms with van der Waals surface area (Å²) >= 11 is 0. The van der Waals surface area contributed by atoms with E-state index in [1.165, 1.54) is 5.56 Å². The lowest BCUT2D eigenvalue weighted by atomic mass is 9.85. The summed E-state index contributed by atoms with van der Waals surface area (Å²) in [5, 5.41) is 14.0. The van der Waals surface area contributed by atoms with Crippen LogP contribution >= 0.6 is 0 Å². The number of amides is 1. The van der Waals surface area contributed by atoms with Gasteiger partial charge in [0.2, 0.25) is 17.6 Å². The highest BCUT2D eigenvalue weighted by Gasteiger charge is 2.54. The number of hydrogen-bond donors (Lipinski definition) is 1. The van der Waals surface area contributed by atoms with Crippen LogP contribution in [0.5, 0.6) is 0 Å². The van der Waals surface area contributed by atoms with Crippen molar-refractivity contribution in [2.24, 2.45) is 0 Å². The minimum atomic E-state index is -0.776. The fourth-order valence-corrected chi connectivity index (χ4v) is 3.86. The zero-order valence-corrected chi connectivity index (χ0v) is 15.8. The summed E-state index contributed by atoms with van der Waals surface area (Å²) in [6.07, 6.45) is 2.27. The highest BCUT2D eigenvalue weighted by Crippen LogP contribution is 2.39. The van der Waals surface area contributed by atoms with Crippen molar-refractivity contribution in [3.63, 3.8) is 0 Å². The van der Waals surface area contributed by atoms with Gasteiger partial charge in [-0.05, 0) is 20.3 Å². The van der Waals surface area contributed by atoms with Crippen LogP contribution < -0.4 is 0 Å². The predicted molar refractivity (Wildman–Crippen MR) is 97.9 cm³/mol. The van der Waals surface area contributed by atoms with Gasteiger partial charge in [0.1, 0.15) is 5.60 Å². The SMILES string of the molecule is Cc1ccc(-c2noc(CCCC(=O)N3CC4(C3)CC(C)(O)CO4)n2)cc1. The van der Waals surface area contributed by atoms with Crippen molar-refractivity contribution in [1.29, 1.82) is 0 Å². The first-order chi connectivity index (χ1) is 12.8. The quantitative estimate of drug-likeness (QED) is 0.866. The lowest BCUT2D eigenvalue weighted by Crippen LogP contribution is -2.63. The van der Waals surface area contributed by atoms with Crippen LogP contribution in [0.2, 0.25) is 0 Å². The van der Waals surface area contributed by atoms with Gasteiger partial charge >= 0.3 is 0 Å². The molecule has 2 aromatic rings. The average Bonchev–Trinajstić information content (AvgIpc) is 3.18. The first kappa shape index (κ1) is 18.1. The molecular weight excluding hydrogens is 346 g/mol. The molecule has 3 heterocycles. The minimum absolute atomic E-state index is 0.106. The van der Waals surface area contributed by atoms with E-state index in [4.69, 9.17) is 9.26 Å². The van der Waals surface area contributed by atoms with Gasteiger partial charge in [0.25, 0.3) is 0 Å². The molecule has 0 radical (unpaired) electrons. The molecule has 1 N–H and O–H groups in total. The fourth-order valence-electron chi connectivity index (χ4n) is 3.86. The molecule has 7 nitrogen and oxygen atoms in total. The molecule has 2 saturated heterocycles. The molecule has 1 aromatic heterocycles. The second-order valence-electron chi connectivity index (χ2n) is 8.13. The van der Waals surface area contributed by atoms with Crippen LogP contribution in [-0.2, 0) is 16.0 Å². The number of rotatable bonds is 5. The Hall–Kier alpha value is -2.25. The van der Waals surface area contributed by atoms with Gasteiger partial charge in [0.15, 0.2) is 0 Å². The fraction of sp³-hybridized carbons (Fsp3) is 0.550. The zero-order valence-electron chi connectivity index (χ0n) is 15.8. The number of benzene rings is 1. The van der Waals surface area contributed by atoms with Crippen molar-refractivity contribution in [3.05, 3.63) is 35.7 Å². The number of aromatic nitrogens is 2. The van der Waals surface area contributed by atoms with Crippen molar-refractivity contribution < 1.29 is 19.2 Å². The second kappa shape index (κ2) is 6.73. The van der Waals surface area contributed by atoms with Crippen molar-refractivity contribution in [2.75, 3.05) is 19.7 Å². The number of carbonyl (C=O) groups excluding carboxylic acids is 1. The molecule has 1 unspecified atom stereocenters. The summed E-state index contributed by atoms with van der Waals surface area (Å²) in [5.74, 6) is 1.23. The Labute approximate surface area is 158 Å². The summed E-state index contributed by atoms with van der Waals surface area (Å²) in [6, 6.07) is 7.96.